The number of carbonyl (C=O) groups excluding carboxylic acids is 2. The highest BCUT2D eigenvalue weighted by Gasteiger charge is 2.30. The van der Waals surface area contributed by atoms with Crippen molar-refractivity contribution in [1.29, 1.82) is 0 Å². The molecule has 3 aromatic heterocycles. The number of hydrogen-bond acceptors (Lipinski definition) is 7. The summed E-state index contributed by atoms with van der Waals surface area (Å²) in [6.45, 7) is 5.94. The molecule has 2 unspecified atom stereocenters. The quantitative estimate of drug-likeness (QED) is 0.367. The van der Waals surface area contributed by atoms with Crippen LogP contribution in [0.2, 0.25) is 0 Å². The number of fused-ring (bicyclic) bond motifs is 2. The fourth-order valence-electron chi connectivity index (χ4n) is 4.48. The van der Waals surface area contributed by atoms with Crippen molar-refractivity contribution in [3.63, 3.8) is 0 Å². The lowest BCUT2D eigenvalue weighted by Crippen LogP contribution is -2.36. The van der Waals surface area contributed by atoms with E-state index in [1.54, 1.807) is 12.4 Å². The lowest BCUT2D eigenvalue weighted by atomic mass is 9.85. The molecule has 3 N–H and O–H groups in total. The van der Waals surface area contributed by atoms with Crippen LogP contribution in [0.25, 0.3) is 5.65 Å². The highest BCUT2D eigenvalue weighted by atomic mass is 16.5. The van der Waals surface area contributed by atoms with Gasteiger partial charge in [-0.05, 0) is 36.1 Å². The Morgan fingerprint density at radius 1 is 1.05 bits per heavy atom. The van der Waals surface area contributed by atoms with E-state index in [0.717, 1.165) is 16.8 Å². The molecule has 1 aliphatic rings. The average molecular weight is 515 g/mol. The monoisotopic (exact) mass is 514 g/mol. The Morgan fingerprint density at radius 3 is 2.61 bits per heavy atom. The van der Waals surface area contributed by atoms with Crippen molar-refractivity contribution in [2.75, 3.05) is 12.4 Å². The lowest BCUT2D eigenvalue weighted by Gasteiger charge is -2.32. The second-order valence-electron chi connectivity index (χ2n) is 10.2. The van der Waals surface area contributed by atoms with Crippen LogP contribution in [0.1, 0.15) is 73.2 Å². The van der Waals surface area contributed by atoms with Crippen LogP contribution < -0.4 is 20.7 Å². The van der Waals surface area contributed by atoms with Gasteiger partial charge in [-0.2, -0.15) is 0 Å². The summed E-state index contributed by atoms with van der Waals surface area (Å²) in [5.41, 5.74) is 3.07. The second kappa shape index (κ2) is 10.1. The summed E-state index contributed by atoms with van der Waals surface area (Å²) in [5.74, 6) is 0.556. The van der Waals surface area contributed by atoms with Gasteiger partial charge in [0.05, 0.1) is 17.9 Å². The van der Waals surface area contributed by atoms with Gasteiger partial charge in [-0.1, -0.05) is 45.0 Å². The molecule has 11 heteroatoms. The van der Waals surface area contributed by atoms with E-state index >= 15 is 0 Å². The first-order valence-corrected chi connectivity index (χ1v) is 12.5. The summed E-state index contributed by atoms with van der Waals surface area (Å²) >= 11 is 0. The standard InChI is InChI=1S/C27H30N8O3/c1-27(2,3)21-13-22(32-24(31-21)25(36)28-4)33-26(37)30-19-10-11-20(18-8-6-5-7-17(18)19)38-16-9-12-23-34-29-15-35(23)14-16/h5-9,12-15,19-20H,10-11H2,1-4H3,(H,28,36)(H2,30,31,32,33,37). The molecule has 3 amide bonds. The van der Waals surface area contributed by atoms with Gasteiger partial charge < -0.3 is 15.4 Å². The van der Waals surface area contributed by atoms with Crippen molar-refractivity contribution in [2.24, 2.45) is 0 Å². The summed E-state index contributed by atoms with van der Waals surface area (Å²) in [6, 6.07) is 12.8. The highest BCUT2D eigenvalue weighted by Crippen LogP contribution is 2.38. The van der Waals surface area contributed by atoms with E-state index < -0.39 is 11.9 Å². The number of carbonyl (C=O) groups is 2. The molecule has 3 heterocycles. The van der Waals surface area contributed by atoms with E-state index in [1.807, 2.05) is 67.8 Å². The Balaban J connectivity index is 1.32. The van der Waals surface area contributed by atoms with E-state index in [-0.39, 0.29) is 29.2 Å². The van der Waals surface area contributed by atoms with E-state index in [0.29, 0.717) is 24.3 Å². The average Bonchev–Trinajstić information content (AvgIpc) is 3.37. The molecule has 11 nitrogen and oxygen atoms in total. The number of benzene rings is 1. The van der Waals surface area contributed by atoms with Crippen molar-refractivity contribution in [3.8, 4) is 5.75 Å². The summed E-state index contributed by atoms with van der Waals surface area (Å²) in [4.78, 5) is 33.9. The van der Waals surface area contributed by atoms with Gasteiger partial charge in [0.2, 0.25) is 5.82 Å². The number of urea groups is 1. The maximum absolute atomic E-state index is 13.0. The molecule has 2 atom stereocenters. The number of ether oxygens (including phenoxy) is 1. The summed E-state index contributed by atoms with van der Waals surface area (Å²) < 4.78 is 8.15. The third kappa shape index (κ3) is 5.26. The number of rotatable bonds is 5. The molecule has 0 fully saturated rings. The van der Waals surface area contributed by atoms with Crippen LogP contribution in [0.5, 0.6) is 5.75 Å². The van der Waals surface area contributed by atoms with Gasteiger partial charge in [0.1, 0.15) is 24.0 Å². The first-order valence-electron chi connectivity index (χ1n) is 12.5. The Bertz CT molecular complexity index is 1490. The van der Waals surface area contributed by atoms with Crippen LogP contribution in [0.4, 0.5) is 10.6 Å². The Labute approximate surface area is 220 Å². The minimum absolute atomic E-state index is 0.00268. The topological polar surface area (TPSA) is 135 Å². The molecule has 196 valence electrons. The number of pyridine rings is 1. The number of hydrogen-bond donors (Lipinski definition) is 3. The van der Waals surface area contributed by atoms with E-state index in [2.05, 4.69) is 36.1 Å². The third-order valence-corrected chi connectivity index (χ3v) is 6.45. The molecule has 4 aromatic rings. The number of nitrogens with one attached hydrogen (secondary N) is 3. The number of amides is 3. The van der Waals surface area contributed by atoms with Gasteiger partial charge in [-0.25, -0.2) is 14.8 Å². The number of aromatic nitrogens is 5. The fourth-order valence-corrected chi connectivity index (χ4v) is 4.48. The maximum Gasteiger partial charge on any atom is 0.320 e. The zero-order valence-corrected chi connectivity index (χ0v) is 21.7. The Hall–Kier alpha value is -4.54. The Morgan fingerprint density at radius 2 is 1.84 bits per heavy atom. The van der Waals surface area contributed by atoms with Crippen molar-refractivity contribution in [1.82, 2.24) is 35.2 Å². The van der Waals surface area contributed by atoms with Crippen LogP contribution in [0, 0.1) is 0 Å². The van der Waals surface area contributed by atoms with Crippen LogP contribution in [0.15, 0.2) is 55.0 Å². The van der Waals surface area contributed by atoms with Gasteiger partial charge in [0.15, 0.2) is 5.65 Å². The third-order valence-electron chi connectivity index (χ3n) is 6.45. The first kappa shape index (κ1) is 25.1. The SMILES string of the molecule is CNC(=O)c1nc(NC(=O)NC2CCC(Oc3ccc4nncn4c3)c3ccccc32)cc(C(C)(C)C)n1. The minimum atomic E-state index is -0.421. The predicted octanol–water partition coefficient (Wildman–Crippen LogP) is 3.95. The largest absolute Gasteiger partial charge is 0.484 e. The summed E-state index contributed by atoms with van der Waals surface area (Å²) in [6.07, 6.45) is 4.73. The molecular formula is C27H30N8O3. The first-order chi connectivity index (χ1) is 18.2. The number of anilines is 1. The molecule has 1 aliphatic carbocycles. The molecule has 0 radical (unpaired) electrons. The zero-order valence-electron chi connectivity index (χ0n) is 21.7. The van der Waals surface area contributed by atoms with Crippen molar-refractivity contribution >= 4 is 23.4 Å². The fraction of sp³-hybridized carbons (Fsp3) is 0.333. The van der Waals surface area contributed by atoms with Gasteiger partial charge in [0.25, 0.3) is 5.91 Å². The van der Waals surface area contributed by atoms with Crippen molar-refractivity contribution in [2.45, 2.75) is 51.2 Å². The van der Waals surface area contributed by atoms with Gasteiger partial charge in [-0.15, -0.1) is 10.2 Å². The van der Waals surface area contributed by atoms with Gasteiger partial charge in [-0.3, -0.25) is 14.5 Å². The second-order valence-corrected chi connectivity index (χ2v) is 10.2. The number of nitrogens with zero attached hydrogens (tertiary/aromatic N) is 5. The molecule has 5 rings (SSSR count). The highest BCUT2D eigenvalue weighted by molar-refractivity contribution is 5.92. The molecule has 0 spiro atoms. The van der Waals surface area contributed by atoms with Crippen LogP contribution in [0.3, 0.4) is 0 Å². The molecule has 0 bridgehead atoms. The molecule has 0 saturated carbocycles. The molecule has 1 aromatic carbocycles. The smallest absolute Gasteiger partial charge is 0.320 e. The molecule has 0 aliphatic heterocycles. The molecule has 0 saturated heterocycles. The van der Waals surface area contributed by atoms with Gasteiger partial charge in [0, 0.05) is 18.5 Å². The minimum Gasteiger partial charge on any atom is -0.484 e. The van der Waals surface area contributed by atoms with E-state index in [4.69, 9.17) is 4.74 Å². The normalized spacial score (nSPS) is 16.9. The van der Waals surface area contributed by atoms with Crippen LogP contribution in [-0.4, -0.2) is 43.6 Å². The molecule has 38 heavy (non-hydrogen) atoms. The van der Waals surface area contributed by atoms with E-state index in [1.165, 1.54) is 7.05 Å². The predicted molar refractivity (Wildman–Crippen MR) is 141 cm³/mol. The van der Waals surface area contributed by atoms with E-state index in [9.17, 15) is 9.59 Å². The van der Waals surface area contributed by atoms with Gasteiger partial charge >= 0.3 is 6.03 Å². The van der Waals surface area contributed by atoms with Crippen molar-refractivity contribution < 1.29 is 14.3 Å². The lowest BCUT2D eigenvalue weighted by molar-refractivity contribution is 0.0952. The summed E-state index contributed by atoms with van der Waals surface area (Å²) in [5, 5.41) is 16.3. The Kier molecular flexibility index (Phi) is 6.66. The summed E-state index contributed by atoms with van der Waals surface area (Å²) in [7, 11) is 1.51. The van der Waals surface area contributed by atoms with Crippen LogP contribution in [-0.2, 0) is 5.41 Å². The van der Waals surface area contributed by atoms with Crippen LogP contribution >= 0.6 is 0 Å². The zero-order chi connectivity index (χ0) is 26.9. The van der Waals surface area contributed by atoms with Crippen molar-refractivity contribution in [3.05, 3.63) is 77.6 Å². The molecular weight excluding hydrogens is 484 g/mol. The maximum atomic E-state index is 13.0.